The molecule has 0 atom stereocenters. The molecular weight excluding hydrogens is 949 g/mol. The predicted molar refractivity (Wildman–Crippen MR) is 294 cm³/mol. The van der Waals surface area contributed by atoms with Crippen molar-refractivity contribution in [2.45, 2.75) is 19.3 Å². The number of hydrogen-bond donors (Lipinski definition) is 0. The van der Waals surface area contributed by atoms with Gasteiger partial charge in [-0.1, -0.05) is 187 Å². The van der Waals surface area contributed by atoms with Gasteiger partial charge in [-0.15, -0.1) is 0 Å². The van der Waals surface area contributed by atoms with E-state index in [0.717, 1.165) is 72.0 Å². The van der Waals surface area contributed by atoms with Crippen LogP contribution in [0, 0.1) is 13.8 Å². The summed E-state index contributed by atoms with van der Waals surface area (Å²) in [6.07, 6.45) is 0. The summed E-state index contributed by atoms with van der Waals surface area (Å²) in [6.45, 7) is 3.97. The van der Waals surface area contributed by atoms with Crippen LogP contribution in [-0.4, -0.2) is 17.3 Å². The Kier molecular flexibility index (Phi) is 12.2. The number of fused-ring (bicyclic) bond motifs is 10. The number of ketones is 3. The zero-order chi connectivity index (χ0) is 49.3. The summed E-state index contributed by atoms with van der Waals surface area (Å²) in [4.78, 5) is 42.8. The van der Waals surface area contributed by atoms with Gasteiger partial charge in [0.1, 0.15) is 0 Å². The summed E-state index contributed by atoms with van der Waals surface area (Å²) >= 11 is 3.65. The third kappa shape index (κ3) is 7.87. The van der Waals surface area contributed by atoms with Crippen LogP contribution in [-0.2, 0) is 5.41 Å². The number of halogens is 1. The Bertz CT molecular complexity index is 3610. The van der Waals surface area contributed by atoms with Crippen LogP contribution in [0.2, 0.25) is 0 Å². The van der Waals surface area contributed by atoms with E-state index in [1.54, 1.807) is 36.4 Å². The lowest BCUT2D eigenvalue weighted by Crippen LogP contribution is -2.42. The molecule has 346 valence electrons. The van der Waals surface area contributed by atoms with E-state index in [2.05, 4.69) is 203 Å². The van der Waals surface area contributed by atoms with Gasteiger partial charge < -0.3 is 9.80 Å². The average Bonchev–Trinajstić information content (AvgIpc) is 3.43. The van der Waals surface area contributed by atoms with Crippen molar-refractivity contribution >= 4 is 67.4 Å². The van der Waals surface area contributed by atoms with Crippen LogP contribution in [0.25, 0.3) is 0 Å². The molecule has 3 aliphatic rings. The van der Waals surface area contributed by atoms with Crippen molar-refractivity contribution in [3.8, 4) is 0 Å². The van der Waals surface area contributed by atoms with E-state index < -0.39 is 5.41 Å². The standard InChI is InChI=1S/C33H23NO.C18H14BrN.C15H10O2/c1-22-19-20-27-25(21-22)32(35)24-13-5-6-14-26(24)33(27)28-15-7-9-17-30(28)34(23-11-3-2-4-12-23)31-18-10-8-16-29(31)33;19-17-13-7-8-14-18(17)20(15-9-3-1-4-10-15)16-11-5-2-6-12-16;1-9-6-7-12-13(8-9)15(17)11-5-3-2-4-10(11)14(12)16/h2-21H,1H3;1-14H;2-8H,1H3. The Balaban J connectivity index is 0.000000128. The molecule has 0 saturated carbocycles. The number of carbonyl (C=O) groups is 3. The van der Waals surface area contributed by atoms with Gasteiger partial charge in [0.25, 0.3) is 0 Å². The molecule has 6 heteroatoms. The van der Waals surface area contributed by atoms with Crippen LogP contribution in [0.5, 0.6) is 0 Å². The van der Waals surface area contributed by atoms with E-state index in [0.29, 0.717) is 22.3 Å². The number of carbonyl (C=O) groups excluding carboxylic acids is 3. The first-order valence-electron chi connectivity index (χ1n) is 24.0. The minimum absolute atomic E-state index is 0.0566. The highest BCUT2D eigenvalue weighted by Crippen LogP contribution is 2.60. The maximum absolute atomic E-state index is 13.8. The number of para-hydroxylation sites is 6. The summed E-state index contributed by atoms with van der Waals surface area (Å²) in [6, 6.07) is 83.7. The van der Waals surface area contributed by atoms with Crippen molar-refractivity contribution in [2.24, 2.45) is 0 Å². The molecule has 0 saturated heterocycles. The molecule has 2 aliphatic carbocycles. The third-order valence-corrected chi connectivity index (χ3v) is 14.4. The van der Waals surface area contributed by atoms with Gasteiger partial charge in [0.2, 0.25) is 0 Å². The van der Waals surface area contributed by atoms with Crippen LogP contribution in [0.15, 0.2) is 253 Å². The smallest absolute Gasteiger partial charge is 0.194 e. The second kappa shape index (κ2) is 19.2. The molecule has 0 N–H and O–H groups in total. The maximum Gasteiger partial charge on any atom is 0.194 e. The molecule has 1 heterocycles. The van der Waals surface area contributed by atoms with Gasteiger partial charge >= 0.3 is 0 Å². The molecule has 0 fully saturated rings. The van der Waals surface area contributed by atoms with Crippen molar-refractivity contribution in [2.75, 3.05) is 9.80 Å². The molecule has 72 heavy (non-hydrogen) atoms. The van der Waals surface area contributed by atoms with Crippen molar-refractivity contribution in [1.29, 1.82) is 0 Å². The minimum atomic E-state index is -0.591. The van der Waals surface area contributed by atoms with Crippen molar-refractivity contribution in [3.63, 3.8) is 0 Å². The Hall–Kier alpha value is -8.71. The van der Waals surface area contributed by atoms with Gasteiger partial charge in [-0.3, -0.25) is 14.4 Å². The lowest BCUT2D eigenvalue weighted by atomic mass is 9.57. The van der Waals surface area contributed by atoms with E-state index in [1.165, 1.54) is 11.1 Å². The number of nitrogens with zero attached hydrogens (tertiary/aromatic N) is 2. The Labute approximate surface area is 428 Å². The monoisotopic (exact) mass is 994 g/mol. The van der Waals surface area contributed by atoms with Gasteiger partial charge in [0.05, 0.1) is 22.5 Å². The maximum atomic E-state index is 13.8. The fourth-order valence-electron chi connectivity index (χ4n) is 10.6. The summed E-state index contributed by atoms with van der Waals surface area (Å²) in [7, 11) is 0. The Morgan fingerprint density at radius 2 is 0.764 bits per heavy atom. The summed E-state index contributed by atoms with van der Waals surface area (Å²) < 4.78 is 1.08. The molecule has 0 bridgehead atoms. The van der Waals surface area contributed by atoms with Crippen LogP contribution in [0.3, 0.4) is 0 Å². The largest absolute Gasteiger partial charge is 0.310 e. The van der Waals surface area contributed by atoms with Crippen molar-refractivity contribution < 1.29 is 14.4 Å². The van der Waals surface area contributed by atoms with Gasteiger partial charge in [-0.2, -0.15) is 0 Å². The lowest BCUT2D eigenvalue weighted by molar-refractivity contribution is 0.0979. The Morgan fingerprint density at radius 3 is 1.35 bits per heavy atom. The van der Waals surface area contributed by atoms with E-state index in [4.69, 9.17) is 0 Å². The SMILES string of the molecule is Brc1ccccc1N(c1ccccc1)c1ccccc1.Cc1ccc2c(c1)C(=O)c1ccccc1C21c2ccccc2N(c2ccccc2)c2ccccc21.Cc1ccc2c(c1)C(=O)c1ccccc1C2=O. The Morgan fingerprint density at radius 1 is 0.361 bits per heavy atom. The number of anilines is 6. The second-order valence-electron chi connectivity index (χ2n) is 18.1. The van der Waals surface area contributed by atoms with E-state index in [9.17, 15) is 14.4 Å². The minimum Gasteiger partial charge on any atom is -0.310 e. The summed E-state index contributed by atoms with van der Waals surface area (Å²) in [5, 5.41) is 0. The molecule has 0 aromatic heterocycles. The van der Waals surface area contributed by atoms with E-state index >= 15 is 0 Å². The van der Waals surface area contributed by atoms with Crippen LogP contribution in [0.4, 0.5) is 34.1 Å². The fourth-order valence-corrected chi connectivity index (χ4v) is 11.0. The highest BCUT2D eigenvalue weighted by molar-refractivity contribution is 9.10. The molecule has 1 spiro atoms. The van der Waals surface area contributed by atoms with Gasteiger partial charge in [0.15, 0.2) is 17.3 Å². The molecule has 1 aliphatic heterocycles. The van der Waals surface area contributed by atoms with Crippen LogP contribution in [0.1, 0.15) is 81.1 Å². The van der Waals surface area contributed by atoms with Gasteiger partial charge in [-0.25, -0.2) is 0 Å². The van der Waals surface area contributed by atoms with Gasteiger partial charge in [0, 0.05) is 54.9 Å². The number of hydrogen-bond acceptors (Lipinski definition) is 5. The van der Waals surface area contributed by atoms with Gasteiger partial charge in [-0.05, 0) is 125 Å². The fraction of sp³-hybridized carbons (Fsp3) is 0.0455. The van der Waals surface area contributed by atoms with Crippen LogP contribution >= 0.6 is 15.9 Å². The first kappa shape index (κ1) is 45.7. The molecule has 10 aromatic rings. The van der Waals surface area contributed by atoms with Crippen molar-refractivity contribution in [1.82, 2.24) is 0 Å². The first-order chi connectivity index (χ1) is 35.3. The highest BCUT2D eigenvalue weighted by Gasteiger charge is 2.51. The summed E-state index contributed by atoms with van der Waals surface area (Å²) in [5.41, 5.74) is 16.4. The molecule has 0 amide bonds. The molecule has 5 nitrogen and oxygen atoms in total. The van der Waals surface area contributed by atoms with E-state index in [-0.39, 0.29) is 17.3 Å². The number of aryl methyl sites for hydroxylation is 2. The quantitative estimate of drug-likeness (QED) is 0.176. The van der Waals surface area contributed by atoms with E-state index in [1.807, 2.05) is 49.4 Å². The molecule has 10 aromatic carbocycles. The summed E-state index contributed by atoms with van der Waals surface area (Å²) in [5.74, 6) is -0.0144. The molecule has 0 unspecified atom stereocenters. The zero-order valence-electron chi connectivity index (χ0n) is 39.7. The molecular formula is C66H47BrN2O3. The normalized spacial score (nSPS) is 13.1. The lowest BCUT2D eigenvalue weighted by Gasteiger charge is -2.48. The topological polar surface area (TPSA) is 57.7 Å². The number of benzene rings is 10. The van der Waals surface area contributed by atoms with Crippen molar-refractivity contribution in [3.05, 3.63) is 320 Å². The second-order valence-corrected chi connectivity index (χ2v) is 18.9. The highest BCUT2D eigenvalue weighted by atomic mass is 79.9. The van der Waals surface area contributed by atoms with Crippen LogP contribution < -0.4 is 9.80 Å². The third-order valence-electron chi connectivity index (χ3n) is 13.7. The molecule has 0 radical (unpaired) electrons. The zero-order valence-corrected chi connectivity index (χ0v) is 41.3. The predicted octanol–water partition coefficient (Wildman–Crippen LogP) is 16.4. The number of rotatable bonds is 4. The average molecular weight is 996 g/mol. The molecule has 13 rings (SSSR count). The first-order valence-corrected chi connectivity index (χ1v) is 24.8.